The average molecular weight is 152 g/mol. The second-order valence-corrected chi connectivity index (χ2v) is 4.24. The Bertz CT molecular complexity index is 27.7. The second kappa shape index (κ2) is 11.2. The Morgan fingerprint density at radius 3 is 1.22 bits per heavy atom. The Labute approximate surface area is 62.1 Å². The van der Waals surface area contributed by atoms with Crippen LogP contribution in [0.25, 0.3) is 0 Å². The summed E-state index contributed by atoms with van der Waals surface area (Å²) in [6.07, 6.45) is 4.66. The van der Waals surface area contributed by atoms with E-state index in [1.54, 1.807) is 23.4 Å². The molecule has 0 aromatic heterocycles. The molecule has 9 heavy (non-hydrogen) atoms. The summed E-state index contributed by atoms with van der Waals surface area (Å²) in [6.45, 7) is 0. The van der Waals surface area contributed by atoms with Crippen LogP contribution in [0.1, 0.15) is 19.3 Å². The maximum atomic E-state index is 1.64. The van der Waals surface area contributed by atoms with Crippen LogP contribution in [-0.2, 0) is 0 Å². The first-order chi connectivity index (χ1) is 3.00. The fourth-order valence-electron chi connectivity index (χ4n) is 1.06. The van der Waals surface area contributed by atoms with Crippen LogP contribution in [0.2, 0.25) is 10.6 Å². The van der Waals surface area contributed by atoms with E-state index in [1.807, 2.05) is 0 Å². The van der Waals surface area contributed by atoms with Gasteiger partial charge in [-0.05, 0) is 0 Å². The molecule has 0 aromatic carbocycles. The minimum absolute atomic E-state index is 0. The molecule has 0 saturated carbocycles. The first-order valence-electron chi connectivity index (χ1n) is 3.00. The third-order valence-corrected chi connectivity index (χ3v) is 3.50. The summed E-state index contributed by atoms with van der Waals surface area (Å²) in [4.78, 5) is 0. The van der Waals surface area contributed by atoms with Crippen molar-refractivity contribution in [2.75, 3.05) is 0 Å². The molecule has 3 nitrogen and oxygen atoms in total. The Morgan fingerprint density at radius 1 is 0.667 bits per heavy atom. The molecule has 1 aliphatic rings. The Hall–Kier alpha value is 0.412. The van der Waals surface area contributed by atoms with Crippen molar-refractivity contribution >= 4 is 15.2 Å². The van der Waals surface area contributed by atoms with E-state index >= 15 is 0 Å². The largest absolute Gasteiger partial charge is 0.412 e. The van der Waals surface area contributed by atoms with Crippen LogP contribution in [0, 0.1) is 0 Å². The molecule has 0 aliphatic carbocycles. The average Bonchev–Trinajstić information content (AvgIpc) is 1.72. The van der Waals surface area contributed by atoms with Crippen molar-refractivity contribution in [2.24, 2.45) is 0 Å². The van der Waals surface area contributed by atoms with Gasteiger partial charge in [0.1, 0.15) is 0 Å². The van der Waals surface area contributed by atoms with Gasteiger partial charge in [-0.1, -0.05) is 29.8 Å². The van der Waals surface area contributed by atoms with E-state index in [0.29, 0.717) is 15.2 Å². The van der Waals surface area contributed by atoms with Crippen molar-refractivity contribution in [2.45, 2.75) is 29.8 Å². The van der Waals surface area contributed by atoms with Crippen molar-refractivity contribution in [3.8, 4) is 0 Å². The molecule has 1 rings (SSSR count). The van der Waals surface area contributed by atoms with Gasteiger partial charge in [0, 0.05) is 0 Å². The van der Waals surface area contributed by atoms with Gasteiger partial charge in [0.05, 0.1) is 0 Å². The second-order valence-electron chi connectivity index (χ2n) is 2.12. The molecular formula is C5H17AlO3. The zero-order valence-electron chi connectivity index (χ0n) is 5.74. The highest BCUT2D eigenvalue weighted by Gasteiger charge is 1.99. The summed E-state index contributed by atoms with van der Waals surface area (Å²) >= 11 is 0.508. The summed E-state index contributed by atoms with van der Waals surface area (Å²) in [6, 6.07) is 0. The quantitative estimate of drug-likeness (QED) is 0.397. The molecule has 0 atom stereocenters. The van der Waals surface area contributed by atoms with Crippen LogP contribution in [0.15, 0.2) is 0 Å². The normalized spacial score (nSPS) is 15.1. The Kier molecular flexibility index (Phi) is 20.2. The predicted molar refractivity (Wildman–Crippen MR) is 41.5 cm³/mol. The zero-order chi connectivity index (χ0) is 4.24. The number of hydrogen-bond acceptors (Lipinski definition) is 0. The maximum Gasteiger partial charge on any atom is 0.236 e. The van der Waals surface area contributed by atoms with Crippen LogP contribution >= 0.6 is 0 Å². The van der Waals surface area contributed by atoms with E-state index in [-0.39, 0.29) is 16.4 Å². The number of rotatable bonds is 0. The van der Waals surface area contributed by atoms with Crippen molar-refractivity contribution in [3.63, 3.8) is 0 Å². The lowest BCUT2D eigenvalue weighted by Gasteiger charge is -2.03. The third-order valence-electron chi connectivity index (χ3n) is 1.50. The molecule has 1 aliphatic heterocycles. The van der Waals surface area contributed by atoms with Crippen LogP contribution < -0.4 is 0 Å². The first-order valence-corrected chi connectivity index (χ1v) is 5.00. The lowest BCUT2D eigenvalue weighted by atomic mass is 10.3. The molecule has 6 N–H and O–H groups in total. The predicted octanol–water partition coefficient (Wildman–Crippen LogP) is -1.03. The van der Waals surface area contributed by atoms with E-state index in [9.17, 15) is 0 Å². The molecule has 1 fully saturated rings. The van der Waals surface area contributed by atoms with Crippen LogP contribution in [0.3, 0.4) is 0 Å². The topological polar surface area (TPSA) is 94.5 Å². The van der Waals surface area contributed by atoms with Gasteiger partial charge in [-0.15, -0.1) is 0 Å². The molecule has 0 bridgehead atoms. The molecule has 0 radical (unpaired) electrons. The van der Waals surface area contributed by atoms with Crippen molar-refractivity contribution in [1.29, 1.82) is 0 Å². The molecule has 0 spiro atoms. The minimum Gasteiger partial charge on any atom is -0.412 e. The fraction of sp³-hybridized carbons (Fsp3) is 1.00. The van der Waals surface area contributed by atoms with E-state index in [1.165, 1.54) is 6.42 Å². The van der Waals surface area contributed by atoms with Gasteiger partial charge < -0.3 is 16.4 Å². The van der Waals surface area contributed by atoms with Gasteiger partial charge in [0.15, 0.2) is 0 Å². The van der Waals surface area contributed by atoms with E-state index in [2.05, 4.69) is 0 Å². The summed E-state index contributed by atoms with van der Waals surface area (Å²) in [5.74, 6) is 0. The van der Waals surface area contributed by atoms with Gasteiger partial charge in [-0.2, -0.15) is 0 Å². The lowest BCUT2D eigenvalue weighted by molar-refractivity contribution is 0.734. The Morgan fingerprint density at radius 2 is 1.11 bits per heavy atom. The molecular weight excluding hydrogens is 135 g/mol. The maximum absolute atomic E-state index is 1.64. The summed E-state index contributed by atoms with van der Waals surface area (Å²) in [5.41, 5.74) is 0. The van der Waals surface area contributed by atoms with Gasteiger partial charge in [-0.3, -0.25) is 0 Å². The zero-order valence-corrected chi connectivity index (χ0v) is 7.16. The van der Waals surface area contributed by atoms with Crippen LogP contribution in [0.5, 0.6) is 0 Å². The molecule has 1 saturated heterocycles. The summed E-state index contributed by atoms with van der Waals surface area (Å²) < 4.78 is 0. The van der Waals surface area contributed by atoms with E-state index in [4.69, 9.17) is 0 Å². The van der Waals surface area contributed by atoms with Crippen molar-refractivity contribution in [3.05, 3.63) is 0 Å². The molecule has 1 heterocycles. The lowest BCUT2D eigenvalue weighted by Crippen LogP contribution is -1.94. The van der Waals surface area contributed by atoms with Gasteiger partial charge in [-0.25, -0.2) is 0 Å². The monoisotopic (exact) mass is 152 g/mol. The number of hydrogen-bond donors (Lipinski definition) is 0. The minimum atomic E-state index is 0. The van der Waals surface area contributed by atoms with Crippen molar-refractivity contribution < 1.29 is 16.4 Å². The summed E-state index contributed by atoms with van der Waals surface area (Å²) in [5, 5.41) is 3.28. The summed E-state index contributed by atoms with van der Waals surface area (Å²) in [7, 11) is 0. The van der Waals surface area contributed by atoms with E-state index in [0.717, 1.165) is 0 Å². The molecule has 58 valence electrons. The SMILES string of the molecule is C1C[CH2][AlH][CH2]C1.O.O.O. The highest BCUT2D eigenvalue weighted by Crippen LogP contribution is 2.10. The van der Waals surface area contributed by atoms with Crippen LogP contribution in [-0.4, -0.2) is 31.6 Å². The van der Waals surface area contributed by atoms with Gasteiger partial charge in [0.25, 0.3) is 0 Å². The third kappa shape index (κ3) is 8.41. The first kappa shape index (κ1) is 16.2. The highest BCUT2D eigenvalue weighted by atomic mass is 27.1. The van der Waals surface area contributed by atoms with Gasteiger partial charge in [0.2, 0.25) is 15.2 Å². The Balaban J connectivity index is -0.000000120. The van der Waals surface area contributed by atoms with Crippen molar-refractivity contribution in [1.82, 2.24) is 0 Å². The fourth-order valence-corrected chi connectivity index (χ4v) is 2.83. The van der Waals surface area contributed by atoms with Crippen LogP contribution in [0.4, 0.5) is 0 Å². The highest BCUT2D eigenvalue weighted by molar-refractivity contribution is 6.35. The molecule has 4 heteroatoms. The van der Waals surface area contributed by atoms with E-state index < -0.39 is 0 Å². The molecule has 0 aromatic rings. The van der Waals surface area contributed by atoms with Gasteiger partial charge >= 0.3 is 0 Å². The molecule has 0 amide bonds. The standard InChI is InChI=1S/C5H10.Al.3H2O.H/c1-3-5-4-2;;;;;/h1-5H2;;3*1H2;. The smallest absolute Gasteiger partial charge is 0.236 e. The molecule has 0 unspecified atom stereocenters.